The fraction of sp³-hybridized carbons (Fsp3) is 0.600. The second-order valence-corrected chi connectivity index (χ2v) is 4.61. The number of halogens is 4. The maximum Gasteiger partial charge on any atom is 0.408 e. The highest BCUT2D eigenvalue weighted by atomic mass is 35.5. The van der Waals surface area contributed by atoms with Crippen LogP contribution in [0.15, 0.2) is 11.0 Å². The van der Waals surface area contributed by atoms with Crippen molar-refractivity contribution in [2.24, 2.45) is 5.73 Å². The molecule has 0 saturated carbocycles. The molecule has 0 aliphatic rings. The molecule has 20 heavy (non-hydrogen) atoms. The molecule has 1 heterocycles. The number of aliphatic hydroxyl groups is 1. The maximum absolute atomic E-state index is 12.2. The van der Waals surface area contributed by atoms with Gasteiger partial charge < -0.3 is 16.2 Å². The zero-order valence-electron chi connectivity index (χ0n) is 10.5. The van der Waals surface area contributed by atoms with Crippen LogP contribution in [0.2, 0.25) is 5.02 Å². The van der Waals surface area contributed by atoms with Crippen molar-refractivity contribution in [2.75, 3.05) is 11.9 Å². The Kier molecular flexibility index (Phi) is 5.37. The van der Waals surface area contributed by atoms with E-state index in [9.17, 15) is 23.1 Å². The highest BCUT2D eigenvalue weighted by Crippen LogP contribution is 2.19. The molecule has 2 atom stereocenters. The van der Waals surface area contributed by atoms with E-state index in [1.54, 1.807) is 0 Å². The van der Waals surface area contributed by atoms with Crippen LogP contribution in [0, 0.1) is 0 Å². The van der Waals surface area contributed by atoms with E-state index >= 15 is 0 Å². The van der Waals surface area contributed by atoms with E-state index in [0.717, 1.165) is 6.20 Å². The summed E-state index contributed by atoms with van der Waals surface area (Å²) < 4.78 is 36.8. The van der Waals surface area contributed by atoms with Gasteiger partial charge in [-0.2, -0.15) is 18.3 Å². The molecule has 0 aliphatic carbocycles. The van der Waals surface area contributed by atoms with Gasteiger partial charge in [0.05, 0.1) is 18.0 Å². The Morgan fingerprint density at radius 2 is 2.20 bits per heavy atom. The summed E-state index contributed by atoms with van der Waals surface area (Å²) in [5.74, 6) is 0. The van der Waals surface area contributed by atoms with E-state index in [1.165, 1.54) is 6.92 Å². The van der Waals surface area contributed by atoms with Crippen molar-refractivity contribution < 1.29 is 18.3 Å². The third-order valence-electron chi connectivity index (χ3n) is 2.46. The van der Waals surface area contributed by atoms with Crippen LogP contribution in [0.1, 0.15) is 6.92 Å². The van der Waals surface area contributed by atoms with Gasteiger partial charge in [0, 0.05) is 12.6 Å². The summed E-state index contributed by atoms with van der Waals surface area (Å²) in [5, 5.41) is 14.8. The first-order valence-electron chi connectivity index (χ1n) is 5.61. The monoisotopic (exact) mass is 314 g/mol. The topological polar surface area (TPSA) is 93.2 Å². The van der Waals surface area contributed by atoms with Crippen LogP contribution in [-0.2, 0) is 6.54 Å². The minimum atomic E-state index is -4.57. The van der Waals surface area contributed by atoms with E-state index in [2.05, 4.69) is 10.4 Å². The average Bonchev–Trinajstić information content (AvgIpc) is 2.32. The lowest BCUT2D eigenvalue weighted by Gasteiger charge is -2.17. The SMILES string of the molecule is CC(O)C(N)CNc1cnn(CC(F)(F)F)c(=O)c1Cl. The lowest BCUT2D eigenvalue weighted by atomic mass is 10.2. The zero-order valence-corrected chi connectivity index (χ0v) is 11.2. The summed E-state index contributed by atoms with van der Waals surface area (Å²) >= 11 is 5.68. The number of nitrogens with zero attached hydrogens (tertiary/aromatic N) is 2. The molecule has 0 saturated heterocycles. The van der Waals surface area contributed by atoms with E-state index < -0.39 is 35.4 Å². The van der Waals surface area contributed by atoms with Gasteiger partial charge in [0.1, 0.15) is 11.6 Å². The highest BCUT2D eigenvalue weighted by molar-refractivity contribution is 6.32. The van der Waals surface area contributed by atoms with Crippen molar-refractivity contribution in [3.05, 3.63) is 21.6 Å². The molecule has 0 fully saturated rings. The Morgan fingerprint density at radius 3 is 2.70 bits per heavy atom. The molecule has 6 nitrogen and oxygen atoms in total. The number of nitrogens with one attached hydrogen (secondary N) is 1. The summed E-state index contributed by atoms with van der Waals surface area (Å²) in [6, 6.07) is -0.622. The lowest BCUT2D eigenvalue weighted by molar-refractivity contribution is -0.143. The molecule has 0 spiro atoms. The van der Waals surface area contributed by atoms with Crippen LogP contribution >= 0.6 is 11.6 Å². The summed E-state index contributed by atoms with van der Waals surface area (Å²) in [5.41, 5.74) is 4.56. The molecule has 0 radical (unpaired) electrons. The third-order valence-corrected chi connectivity index (χ3v) is 2.83. The largest absolute Gasteiger partial charge is 0.408 e. The first-order valence-corrected chi connectivity index (χ1v) is 5.99. The van der Waals surface area contributed by atoms with Crippen molar-refractivity contribution in [2.45, 2.75) is 31.8 Å². The molecular weight excluding hydrogens is 301 g/mol. The van der Waals surface area contributed by atoms with Gasteiger partial charge in [0.15, 0.2) is 0 Å². The first kappa shape index (κ1) is 16.7. The van der Waals surface area contributed by atoms with Gasteiger partial charge in [-0.1, -0.05) is 11.6 Å². The lowest BCUT2D eigenvalue weighted by Crippen LogP contribution is -2.39. The summed E-state index contributed by atoms with van der Waals surface area (Å²) in [6.07, 6.45) is -4.35. The van der Waals surface area contributed by atoms with Gasteiger partial charge in [0.25, 0.3) is 5.56 Å². The van der Waals surface area contributed by atoms with Crippen LogP contribution in [0.25, 0.3) is 0 Å². The molecule has 0 bridgehead atoms. The van der Waals surface area contributed by atoms with Gasteiger partial charge >= 0.3 is 6.18 Å². The smallest absolute Gasteiger partial charge is 0.392 e. The van der Waals surface area contributed by atoms with Gasteiger partial charge in [-0.3, -0.25) is 4.79 Å². The maximum atomic E-state index is 12.2. The second kappa shape index (κ2) is 6.42. The molecule has 10 heteroatoms. The van der Waals surface area contributed by atoms with Crippen LogP contribution in [0.5, 0.6) is 0 Å². The Labute approximate surface area is 117 Å². The fourth-order valence-corrected chi connectivity index (χ4v) is 1.48. The normalized spacial score (nSPS) is 14.9. The summed E-state index contributed by atoms with van der Waals surface area (Å²) in [4.78, 5) is 11.6. The van der Waals surface area contributed by atoms with Gasteiger partial charge in [-0.25, -0.2) is 4.68 Å². The molecule has 1 rings (SSSR count). The minimum Gasteiger partial charge on any atom is -0.392 e. The molecule has 1 aromatic rings. The predicted octanol–water partition coefficient (Wildman–Crippen LogP) is 0.579. The van der Waals surface area contributed by atoms with Crippen molar-refractivity contribution in [1.29, 1.82) is 0 Å². The van der Waals surface area contributed by atoms with Crippen molar-refractivity contribution >= 4 is 17.3 Å². The molecule has 114 valence electrons. The molecule has 0 aliphatic heterocycles. The Bertz CT molecular complexity index is 518. The average molecular weight is 315 g/mol. The molecule has 2 unspecified atom stereocenters. The van der Waals surface area contributed by atoms with E-state index in [4.69, 9.17) is 17.3 Å². The molecular formula is C10H14ClF3N4O2. The highest BCUT2D eigenvalue weighted by Gasteiger charge is 2.29. The standard InChI is InChI=1S/C10H14ClF3N4O2/c1-5(19)6(15)2-16-7-3-17-18(4-10(12,13)14)9(20)8(7)11/h3,5-6,16,19H,2,4,15H2,1H3. The third kappa shape index (κ3) is 4.66. The van der Waals surface area contributed by atoms with Gasteiger partial charge in [-0.05, 0) is 6.92 Å². The Morgan fingerprint density at radius 1 is 1.60 bits per heavy atom. The minimum absolute atomic E-state index is 0.0613. The van der Waals surface area contributed by atoms with Crippen molar-refractivity contribution in [3.8, 4) is 0 Å². The Balaban J connectivity index is 2.87. The van der Waals surface area contributed by atoms with Crippen LogP contribution < -0.4 is 16.6 Å². The number of aliphatic hydroxyl groups excluding tert-OH is 1. The van der Waals surface area contributed by atoms with Crippen LogP contribution in [0.3, 0.4) is 0 Å². The van der Waals surface area contributed by atoms with Crippen molar-refractivity contribution in [3.63, 3.8) is 0 Å². The van der Waals surface area contributed by atoms with E-state index in [1.807, 2.05) is 0 Å². The van der Waals surface area contributed by atoms with Gasteiger partial charge in [0.2, 0.25) is 0 Å². The quantitative estimate of drug-likeness (QED) is 0.739. The summed E-state index contributed by atoms with van der Waals surface area (Å²) in [7, 11) is 0. The molecule has 0 aromatic carbocycles. The number of anilines is 1. The van der Waals surface area contributed by atoms with Crippen LogP contribution in [-0.4, -0.2) is 39.8 Å². The first-order chi connectivity index (χ1) is 9.11. The van der Waals surface area contributed by atoms with Crippen molar-refractivity contribution in [1.82, 2.24) is 9.78 Å². The van der Waals surface area contributed by atoms with E-state index in [-0.39, 0.29) is 16.9 Å². The number of hydrogen-bond donors (Lipinski definition) is 3. The van der Waals surface area contributed by atoms with E-state index in [0.29, 0.717) is 0 Å². The predicted molar refractivity (Wildman–Crippen MR) is 67.7 cm³/mol. The van der Waals surface area contributed by atoms with Gasteiger partial charge in [-0.15, -0.1) is 0 Å². The molecule has 1 aromatic heterocycles. The molecule has 4 N–H and O–H groups in total. The zero-order chi connectivity index (χ0) is 15.5. The number of aromatic nitrogens is 2. The Hall–Kier alpha value is -1.32. The number of hydrogen-bond acceptors (Lipinski definition) is 5. The summed E-state index contributed by atoms with van der Waals surface area (Å²) in [6.45, 7) is 0.0499. The fourth-order valence-electron chi connectivity index (χ4n) is 1.27. The number of rotatable bonds is 5. The molecule has 0 amide bonds. The second-order valence-electron chi connectivity index (χ2n) is 4.24. The number of nitrogens with two attached hydrogens (primary N) is 1. The number of alkyl halides is 3. The van der Waals surface area contributed by atoms with Crippen LogP contribution in [0.4, 0.5) is 18.9 Å².